The van der Waals surface area contributed by atoms with Gasteiger partial charge in [-0.15, -0.1) is 11.3 Å². The summed E-state index contributed by atoms with van der Waals surface area (Å²) in [5, 5.41) is 8.45. The lowest BCUT2D eigenvalue weighted by Gasteiger charge is -2.51. The predicted octanol–water partition coefficient (Wildman–Crippen LogP) is 3.48. The van der Waals surface area contributed by atoms with Gasteiger partial charge in [-0.25, -0.2) is 13.6 Å². The Morgan fingerprint density at radius 1 is 1.18 bits per heavy atom. The molecule has 0 spiro atoms. The number of primary sulfonamides is 1. The number of benzene rings is 2. The van der Waals surface area contributed by atoms with Crippen LogP contribution in [0.25, 0.3) is 10.1 Å². The van der Waals surface area contributed by atoms with Crippen molar-refractivity contribution in [3.63, 3.8) is 0 Å². The van der Waals surface area contributed by atoms with Crippen molar-refractivity contribution in [2.75, 3.05) is 18.8 Å². The first-order valence-corrected chi connectivity index (χ1v) is 13.4. The average Bonchev–Trinajstić information content (AvgIpc) is 3.20. The zero-order valence-electron chi connectivity index (χ0n) is 18.0. The third-order valence-electron chi connectivity index (χ3n) is 6.05. The molecule has 1 unspecified atom stereocenters. The van der Waals surface area contributed by atoms with E-state index in [0.717, 1.165) is 15.6 Å². The van der Waals surface area contributed by atoms with Gasteiger partial charge < -0.3 is 9.80 Å². The molecule has 0 radical (unpaired) electrons. The Kier molecular flexibility index (Phi) is 6.50. The van der Waals surface area contributed by atoms with E-state index in [2.05, 4.69) is 0 Å². The molecule has 4 rings (SSSR count). The van der Waals surface area contributed by atoms with Crippen LogP contribution in [0.3, 0.4) is 0 Å². The normalized spacial score (nSPS) is 18.2. The van der Waals surface area contributed by atoms with Crippen molar-refractivity contribution in [1.82, 2.24) is 9.80 Å². The first-order chi connectivity index (χ1) is 15.6. The van der Waals surface area contributed by atoms with Crippen LogP contribution < -0.4 is 5.14 Å². The number of carbonyl (C=O) groups is 2. The summed E-state index contributed by atoms with van der Waals surface area (Å²) in [5.74, 6) is -0.876. The maximum atomic E-state index is 13.7. The monoisotopic (exact) mass is 505 g/mol. The highest BCUT2D eigenvalue weighted by molar-refractivity contribution is 7.89. The first-order valence-electron chi connectivity index (χ1n) is 10.4. The predicted molar refractivity (Wildman–Crippen MR) is 131 cm³/mol. The SMILES string of the molecule is CC1(C(=O)N(CCS(N)(=O)=O)Cc2ccc(Cl)cc2)CCN1C(=O)c1csc2ccccc12. The summed E-state index contributed by atoms with van der Waals surface area (Å²) in [6, 6.07) is 14.6. The number of hydrogen-bond donors (Lipinski definition) is 1. The van der Waals surface area contributed by atoms with E-state index in [0.29, 0.717) is 23.6 Å². The smallest absolute Gasteiger partial charge is 0.256 e. The number of thiophene rings is 1. The Labute approximate surface area is 201 Å². The fourth-order valence-electron chi connectivity index (χ4n) is 4.04. The van der Waals surface area contributed by atoms with E-state index in [4.69, 9.17) is 16.7 Å². The molecule has 2 amide bonds. The van der Waals surface area contributed by atoms with Gasteiger partial charge >= 0.3 is 0 Å². The molecular weight excluding hydrogens is 482 g/mol. The zero-order valence-corrected chi connectivity index (χ0v) is 20.4. The number of hydrogen-bond acceptors (Lipinski definition) is 5. The van der Waals surface area contributed by atoms with Crippen LogP contribution in [0, 0.1) is 0 Å². The van der Waals surface area contributed by atoms with Crippen molar-refractivity contribution in [3.05, 3.63) is 70.1 Å². The van der Waals surface area contributed by atoms with Crippen LogP contribution in [0.2, 0.25) is 5.02 Å². The number of sulfonamides is 1. The minimum atomic E-state index is -3.77. The summed E-state index contributed by atoms with van der Waals surface area (Å²) in [4.78, 5) is 30.1. The van der Waals surface area contributed by atoms with E-state index >= 15 is 0 Å². The van der Waals surface area contributed by atoms with Crippen LogP contribution in [-0.4, -0.2) is 54.4 Å². The summed E-state index contributed by atoms with van der Waals surface area (Å²) >= 11 is 7.45. The largest absolute Gasteiger partial charge is 0.335 e. The molecule has 33 heavy (non-hydrogen) atoms. The highest BCUT2D eigenvalue weighted by atomic mass is 35.5. The fourth-order valence-corrected chi connectivity index (χ4v) is 5.57. The van der Waals surface area contributed by atoms with Crippen molar-refractivity contribution in [1.29, 1.82) is 0 Å². The maximum absolute atomic E-state index is 13.7. The number of carbonyl (C=O) groups excluding carboxylic acids is 2. The number of nitrogens with two attached hydrogens (primary N) is 1. The van der Waals surface area contributed by atoms with E-state index in [9.17, 15) is 18.0 Å². The van der Waals surface area contributed by atoms with Crippen LogP contribution in [0.1, 0.15) is 29.3 Å². The molecule has 2 heterocycles. The van der Waals surface area contributed by atoms with Crippen molar-refractivity contribution in [2.24, 2.45) is 5.14 Å². The van der Waals surface area contributed by atoms with E-state index in [1.54, 1.807) is 36.1 Å². The molecule has 0 bridgehead atoms. The van der Waals surface area contributed by atoms with Gasteiger partial charge in [0.05, 0.1) is 11.3 Å². The second-order valence-corrected chi connectivity index (χ2v) is 11.4. The van der Waals surface area contributed by atoms with Crippen LogP contribution in [0.5, 0.6) is 0 Å². The van der Waals surface area contributed by atoms with Crippen LogP contribution in [0.15, 0.2) is 53.9 Å². The van der Waals surface area contributed by atoms with Gasteiger partial charge in [0.15, 0.2) is 0 Å². The molecule has 1 atom stereocenters. The van der Waals surface area contributed by atoms with Gasteiger partial charge in [-0.2, -0.15) is 0 Å². The Hall–Kier alpha value is -2.46. The molecule has 0 saturated carbocycles. The molecule has 3 aromatic rings. The van der Waals surface area contributed by atoms with Gasteiger partial charge in [-0.3, -0.25) is 9.59 Å². The highest BCUT2D eigenvalue weighted by Gasteiger charge is 2.51. The van der Waals surface area contributed by atoms with Gasteiger partial charge in [0.2, 0.25) is 15.9 Å². The molecule has 0 aliphatic carbocycles. The van der Waals surface area contributed by atoms with Gasteiger partial charge in [0.1, 0.15) is 5.54 Å². The summed E-state index contributed by atoms with van der Waals surface area (Å²) < 4.78 is 24.2. The molecule has 174 valence electrons. The Morgan fingerprint density at radius 2 is 1.88 bits per heavy atom. The molecule has 1 aliphatic heterocycles. The fraction of sp³-hybridized carbons (Fsp3) is 0.304. The third kappa shape index (κ3) is 4.91. The minimum Gasteiger partial charge on any atom is -0.335 e. The molecule has 2 aromatic carbocycles. The van der Waals surface area contributed by atoms with Gasteiger partial charge in [0, 0.05) is 40.1 Å². The second kappa shape index (κ2) is 9.06. The van der Waals surface area contributed by atoms with Gasteiger partial charge in [-0.05, 0) is 37.1 Å². The Bertz CT molecular complexity index is 1310. The number of halogens is 1. The van der Waals surface area contributed by atoms with Gasteiger partial charge in [-0.1, -0.05) is 41.9 Å². The molecule has 7 nitrogen and oxygen atoms in total. The van der Waals surface area contributed by atoms with E-state index in [-0.39, 0.29) is 30.7 Å². The molecule has 1 saturated heterocycles. The topological polar surface area (TPSA) is 101 Å². The lowest BCUT2D eigenvalue weighted by molar-refractivity contribution is -0.149. The van der Waals surface area contributed by atoms with Crippen LogP contribution >= 0.6 is 22.9 Å². The van der Waals surface area contributed by atoms with Crippen molar-refractivity contribution in [3.8, 4) is 0 Å². The lowest BCUT2D eigenvalue weighted by Crippen LogP contribution is -2.68. The molecule has 10 heteroatoms. The number of amides is 2. The maximum Gasteiger partial charge on any atom is 0.256 e. The summed E-state index contributed by atoms with van der Waals surface area (Å²) in [6.45, 7) is 2.30. The number of nitrogens with zero attached hydrogens (tertiary/aromatic N) is 2. The Balaban J connectivity index is 1.59. The molecule has 1 aliphatic rings. The van der Waals surface area contributed by atoms with Gasteiger partial charge in [0.25, 0.3) is 5.91 Å². The van der Waals surface area contributed by atoms with E-state index in [1.165, 1.54) is 16.2 Å². The highest BCUT2D eigenvalue weighted by Crippen LogP contribution is 2.36. The minimum absolute atomic E-state index is 0.0701. The molecule has 1 fully saturated rings. The molecule has 2 N–H and O–H groups in total. The summed E-state index contributed by atoms with van der Waals surface area (Å²) in [6.07, 6.45) is 0.492. The first kappa shape index (κ1) is 23.7. The van der Waals surface area contributed by atoms with Crippen LogP contribution in [-0.2, 0) is 21.4 Å². The van der Waals surface area contributed by atoms with Crippen molar-refractivity contribution < 1.29 is 18.0 Å². The number of likely N-dealkylation sites (tertiary alicyclic amines) is 1. The second-order valence-electron chi connectivity index (χ2n) is 8.35. The van der Waals surface area contributed by atoms with E-state index in [1.807, 2.05) is 29.6 Å². The van der Waals surface area contributed by atoms with E-state index < -0.39 is 15.6 Å². The molecule has 1 aromatic heterocycles. The van der Waals surface area contributed by atoms with Crippen LogP contribution in [0.4, 0.5) is 0 Å². The lowest BCUT2D eigenvalue weighted by atomic mass is 9.84. The summed E-state index contributed by atoms with van der Waals surface area (Å²) in [5.41, 5.74) is 0.306. The third-order valence-corrected chi connectivity index (χ3v) is 8.02. The molecular formula is C23H24ClN3O4S2. The zero-order chi connectivity index (χ0) is 23.8. The summed E-state index contributed by atoms with van der Waals surface area (Å²) in [7, 11) is -3.77. The Morgan fingerprint density at radius 3 is 2.52 bits per heavy atom. The van der Waals surface area contributed by atoms with Crippen molar-refractivity contribution >= 4 is 54.9 Å². The quantitative estimate of drug-likeness (QED) is 0.531. The number of rotatable bonds is 7. The number of fused-ring (bicyclic) bond motifs is 1. The standard InChI is InChI=1S/C23H24ClN3O4S2/c1-23(10-11-27(23)21(28)19-15-32-20-5-3-2-4-18(19)20)22(29)26(12-13-33(25,30)31)14-16-6-8-17(24)9-7-16/h2-9,15H,10-14H2,1H3,(H2,25,30,31). The average molecular weight is 506 g/mol. The van der Waals surface area contributed by atoms with Crippen molar-refractivity contribution in [2.45, 2.75) is 25.4 Å².